The van der Waals surface area contributed by atoms with E-state index in [0.29, 0.717) is 26.1 Å². The monoisotopic (exact) mass is 373 g/mol. The lowest BCUT2D eigenvalue weighted by Gasteiger charge is -2.31. The number of carbonyl (C=O) groups is 2. The Labute approximate surface area is 159 Å². The van der Waals surface area contributed by atoms with Crippen LogP contribution in [-0.2, 0) is 16.0 Å². The molecular weight excluding hydrogens is 346 g/mol. The molecule has 2 N–H and O–H groups in total. The van der Waals surface area contributed by atoms with Crippen LogP contribution in [0.5, 0.6) is 11.5 Å². The maximum absolute atomic E-state index is 12.6. The summed E-state index contributed by atoms with van der Waals surface area (Å²) in [6.07, 6.45) is 3.56. The quantitative estimate of drug-likeness (QED) is 0.802. The number of piperidine rings is 1. The van der Waals surface area contributed by atoms with Crippen molar-refractivity contribution in [2.24, 2.45) is 11.8 Å². The van der Waals surface area contributed by atoms with Crippen LogP contribution < -0.4 is 20.1 Å². The fourth-order valence-electron chi connectivity index (χ4n) is 4.10. The predicted molar refractivity (Wildman–Crippen MR) is 99.6 cm³/mol. The smallest absolute Gasteiger partial charge is 0.231 e. The lowest BCUT2D eigenvalue weighted by atomic mass is 9.89. The van der Waals surface area contributed by atoms with Crippen molar-refractivity contribution in [1.29, 1.82) is 0 Å². The molecular formula is C20H27N3O4. The van der Waals surface area contributed by atoms with Crippen LogP contribution in [0.2, 0.25) is 0 Å². The van der Waals surface area contributed by atoms with E-state index in [1.807, 2.05) is 23.1 Å². The summed E-state index contributed by atoms with van der Waals surface area (Å²) in [6.45, 7) is 3.88. The Hall–Kier alpha value is -2.28. The van der Waals surface area contributed by atoms with Crippen LogP contribution in [-0.4, -0.2) is 56.2 Å². The SMILES string of the molecule is O=C(NCCc1ccc2c(c1)OCO2)[C@H]1CNC[C@H](C(=O)N2CCCC2)C1. The van der Waals surface area contributed by atoms with Gasteiger partial charge >= 0.3 is 0 Å². The Kier molecular flexibility index (Phi) is 5.48. The zero-order valence-electron chi connectivity index (χ0n) is 15.5. The maximum Gasteiger partial charge on any atom is 0.231 e. The van der Waals surface area contributed by atoms with E-state index in [4.69, 9.17) is 9.47 Å². The van der Waals surface area contributed by atoms with Crippen LogP contribution in [0.1, 0.15) is 24.8 Å². The molecule has 3 aliphatic rings. The highest BCUT2D eigenvalue weighted by Crippen LogP contribution is 2.32. The zero-order chi connectivity index (χ0) is 18.6. The number of amides is 2. The minimum absolute atomic E-state index is 0.0298. The molecule has 0 saturated carbocycles. The molecule has 27 heavy (non-hydrogen) atoms. The molecule has 7 heteroatoms. The number of nitrogens with one attached hydrogen (secondary N) is 2. The summed E-state index contributed by atoms with van der Waals surface area (Å²) in [5, 5.41) is 6.29. The van der Waals surface area contributed by atoms with Gasteiger partial charge in [0.15, 0.2) is 11.5 Å². The number of nitrogens with zero attached hydrogens (tertiary/aromatic N) is 1. The highest BCUT2D eigenvalue weighted by molar-refractivity contribution is 5.83. The van der Waals surface area contributed by atoms with Gasteiger partial charge in [-0.1, -0.05) is 6.07 Å². The van der Waals surface area contributed by atoms with Gasteiger partial charge in [0.05, 0.1) is 11.8 Å². The Bertz CT molecular complexity index is 702. The van der Waals surface area contributed by atoms with E-state index in [1.165, 1.54) is 0 Å². The molecule has 0 spiro atoms. The van der Waals surface area contributed by atoms with Crippen molar-refractivity contribution in [3.8, 4) is 11.5 Å². The minimum atomic E-state index is -0.146. The van der Waals surface area contributed by atoms with Crippen molar-refractivity contribution in [2.75, 3.05) is 39.5 Å². The van der Waals surface area contributed by atoms with Gasteiger partial charge in [-0.15, -0.1) is 0 Å². The van der Waals surface area contributed by atoms with Gasteiger partial charge in [0, 0.05) is 32.7 Å². The third-order valence-corrected chi connectivity index (χ3v) is 5.64. The Balaban J connectivity index is 1.24. The van der Waals surface area contributed by atoms with E-state index < -0.39 is 0 Å². The standard InChI is InChI=1S/C20H27N3O4/c24-19(22-6-5-14-3-4-17-18(9-14)27-13-26-17)15-10-16(12-21-11-15)20(25)23-7-1-2-8-23/h3-4,9,15-16,21H,1-2,5-8,10-13H2,(H,22,24)/t15-,16-/m1/s1. The summed E-state index contributed by atoms with van der Waals surface area (Å²) in [5.74, 6) is 1.54. The number of hydrogen-bond donors (Lipinski definition) is 2. The Morgan fingerprint density at radius 1 is 1.11 bits per heavy atom. The molecule has 2 atom stereocenters. The summed E-state index contributed by atoms with van der Waals surface area (Å²) >= 11 is 0. The fourth-order valence-corrected chi connectivity index (χ4v) is 4.10. The van der Waals surface area contributed by atoms with E-state index >= 15 is 0 Å². The van der Waals surface area contributed by atoms with Gasteiger partial charge in [0.25, 0.3) is 0 Å². The molecule has 0 aromatic heterocycles. The van der Waals surface area contributed by atoms with Crippen molar-refractivity contribution < 1.29 is 19.1 Å². The van der Waals surface area contributed by atoms with Crippen LogP contribution >= 0.6 is 0 Å². The summed E-state index contributed by atoms with van der Waals surface area (Å²) in [4.78, 5) is 27.1. The van der Waals surface area contributed by atoms with Crippen LogP contribution in [0.15, 0.2) is 18.2 Å². The van der Waals surface area contributed by atoms with Crippen LogP contribution in [0, 0.1) is 11.8 Å². The Morgan fingerprint density at radius 2 is 1.89 bits per heavy atom. The molecule has 1 aromatic carbocycles. The van der Waals surface area contributed by atoms with E-state index in [0.717, 1.165) is 49.4 Å². The second kappa shape index (κ2) is 8.17. The van der Waals surface area contributed by atoms with E-state index in [9.17, 15) is 9.59 Å². The normalized spacial score (nSPS) is 24.1. The van der Waals surface area contributed by atoms with Gasteiger partial charge < -0.3 is 25.0 Å². The summed E-state index contributed by atoms with van der Waals surface area (Å²) in [7, 11) is 0. The van der Waals surface area contributed by atoms with E-state index in [2.05, 4.69) is 10.6 Å². The number of ether oxygens (including phenoxy) is 2. The average Bonchev–Trinajstić information content (AvgIpc) is 3.39. The summed E-state index contributed by atoms with van der Waals surface area (Å²) < 4.78 is 10.7. The number of carbonyl (C=O) groups excluding carboxylic acids is 2. The van der Waals surface area contributed by atoms with Gasteiger partial charge in [-0.05, 0) is 43.4 Å². The van der Waals surface area contributed by atoms with Crippen LogP contribution in [0.4, 0.5) is 0 Å². The lowest BCUT2D eigenvalue weighted by molar-refractivity contribution is -0.136. The fraction of sp³-hybridized carbons (Fsp3) is 0.600. The Morgan fingerprint density at radius 3 is 2.74 bits per heavy atom. The van der Waals surface area contributed by atoms with Crippen molar-refractivity contribution in [3.05, 3.63) is 23.8 Å². The number of hydrogen-bond acceptors (Lipinski definition) is 5. The first-order valence-corrected chi connectivity index (χ1v) is 9.86. The third kappa shape index (κ3) is 4.18. The number of likely N-dealkylation sites (tertiary alicyclic amines) is 1. The molecule has 146 valence electrons. The zero-order valence-corrected chi connectivity index (χ0v) is 15.5. The average molecular weight is 373 g/mol. The molecule has 0 unspecified atom stereocenters. The van der Waals surface area contributed by atoms with Crippen molar-refractivity contribution >= 4 is 11.8 Å². The van der Waals surface area contributed by atoms with Crippen LogP contribution in [0.3, 0.4) is 0 Å². The van der Waals surface area contributed by atoms with Crippen molar-refractivity contribution in [2.45, 2.75) is 25.7 Å². The first kappa shape index (κ1) is 18.1. The maximum atomic E-state index is 12.6. The number of rotatable bonds is 5. The van der Waals surface area contributed by atoms with Crippen LogP contribution in [0.25, 0.3) is 0 Å². The predicted octanol–water partition coefficient (Wildman–Crippen LogP) is 0.922. The molecule has 2 amide bonds. The highest BCUT2D eigenvalue weighted by Gasteiger charge is 2.33. The second-order valence-corrected chi connectivity index (χ2v) is 7.55. The number of benzene rings is 1. The highest BCUT2D eigenvalue weighted by atomic mass is 16.7. The van der Waals surface area contributed by atoms with Gasteiger partial charge in [0.2, 0.25) is 18.6 Å². The van der Waals surface area contributed by atoms with E-state index in [-0.39, 0.29) is 30.4 Å². The minimum Gasteiger partial charge on any atom is -0.454 e. The van der Waals surface area contributed by atoms with Gasteiger partial charge in [-0.25, -0.2) is 0 Å². The molecule has 3 heterocycles. The van der Waals surface area contributed by atoms with Crippen molar-refractivity contribution in [3.63, 3.8) is 0 Å². The molecule has 0 bridgehead atoms. The molecule has 4 rings (SSSR count). The summed E-state index contributed by atoms with van der Waals surface area (Å²) in [6, 6.07) is 5.85. The second-order valence-electron chi connectivity index (χ2n) is 7.55. The molecule has 2 saturated heterocycles. The van der Waals surface area contributed by atoms with Gasteiger partial charge in [-0.3, -0.25) is 9.59 Å². The van der Waals surface area contributed by atoms with Gasteiger partial charge in [0.1, 0.15) is 0 Å². The van der Waals surface area contributed by atoms with Crippen molar-refractivity contribution in [1.82, 2.24) is 15.5 Å². The molecule has 1 aromatic rings. The lowest BCUT2D eigenvalue weighted by Crippen LogP contribution is -2.49. The molecule has 7 nitrogen and oxygen atoms in total. The van der Waals surface area contributed by atoms with Gasteiger partial charge in [-0.2, -0.15) is 0 Å². The topological polar surface area (TPSA) is 79.9 Å². The number of fused-ring (bicyclic) bond motifs is 1. The summed E-state index contributed by atoms with van der Waals surface area (Å²) in [5.41, 5.74) is 1.10. The first-order chi connectivity index (χ1) is 13.2. The van der Waals surface area contributed by atoms with E-state index in [1.54, 1.807) is 0 Å². The third-order valence-electron chi connectivity index (χ3n) is 5.64. The largest absolute Gasteiger partial charge is 0.454 e. The molecule has 2 fully saturated rings. The molecule has 3 aliphatic heterocycles. The molecule has 0 aliphatic carbocycles. The first-order valence-electron chi connectivity index (χ1n) is 9.86. The molecule has 0 radical (unpaired) electrons.